The van der Waals surface area contributed by atoms with Crippen LogP contribution in [0.3, 0.4) is 0 Å². The zero-order chi connectivity index (χ0) is 18.0. The molecule has 1 heterocycles. The molecule has 0 atom stereocenters. The first-order valence-corrected chi connectivity index (χ1v) is 7.40. The van der Waals surface area contributed by atoms with Crippen molar-refractivity contribution in [2.24, 2.45) is 5.73 Å². The van der Waals surface area contributed by atoms with E-state index in [0.717, 1.165) is 0 Å². The third-order valence-corrected chi connectivity index (χ3v) is 3.63. The van der Waals surface area contributed by atoms with E-state index in [1.54, 1.807) is 12.1 Å². The number of carboxylic acids is 1. The first-order chi connectivity index (χ1) is 11.9. The largest absolute Gasteiger partial charge is 0.493 e. The Morgan fingerprint density at radius 2 is 1.96 bits per heavy atom. The zero-order valence-electron chi connectivity index (χ0n) is 13.0. The Balaban J connectivity index is 1.80. The third kappa shape index (κ3) is 3.52. The predicted molar refractivity (Wildman–Crippen MR) is 89.5 cm³/mol. The molecule has 5 N–H and O–H groups in total. The lowest BCUT2D eigenvalue weighted by Gasteiger charge is -2.09. The second-order valence-electron chi connectivity index (χ2n) is 5.36. The molecule has 0 saturated carbocycles. The van der Waals surface area contributed by atoms with Gasteiger partial charge < -0.3 is 25.6 Å². The number of aromatic carboxylic acids is 1. The number of benzene rings is 2. The predicted octanol–water partition coefficient (Wildman–Crippen LogP) is 1.84. The molecule has 8 heteroatoms. The highest BCUT2D eigenvalue weighted by Gasteiger charge is 2.23. The molecule has 2 aromatic carbocycles. The maximum atomic E-state index is 12.2. The van der Waals surface area contributed by atoms with Crippen LogP contribution in [0.1, 0.15) is 26.3 Å². The van der Waals surface area contributed by atoms with Crippen LogP contribution < -0.4 is 20.5 Å². The van der Waals surface area contributed by atoms with Crippen LogP contribution in [0.2, 0.25) is 0 Å². The molecule has 0 aromatic heterocycles. The molecule has 3 rings (SSSR count). The van der Waals surface area contributed by atoms with Crippen LogP contribution in [-0.4, -0.2) is 29.6 Å². The summed E-state index contributed by atoms with van der Waals surface area (Å²) in [6, 6.07) is 9.00. The van der Waals surface area contributed by atoms with Crippen LogP contribution in [0, 0.1) is 5.41 Å². The van der Waals surface area contributed by atoms with Gasteiger partial charge in [0.15, 0.2) is 5.96 Å². The number of esters is 1. The minimum Gasteiger partial charge on any atom is -0.493 e. The normalized spacial score (nSPS) is 12.0. The second-order valence-corrected chi connectivity index (χ2v) is 5.36. The van der Waals surface area contributed by atoms with Gasteiger partial charge in [-0.1, -0.05) is 0 Å². The zero-order valence-corrected chi connectivity index (χ0v) is 13.0. The highest BCUT2D eigenvalue weighted by molar-refractivity contribution is 5.94. The molecule has 8 nitrogen and oxygen atoms in total. The van der Waals surface area contributed by atoms with Crippen molar-refractivity contribution >= 4 is 23.6 Å². The van der Waals surface area contributed by atoms with Gasteiger partial charge in [0.1, 0.15) is 11.5 Å². The van der Waals surface area contributed by atoms with Gasteiger partial charge in [-0.15, -0.1) is 0 Å². The van der Waals surface area contributed by atoms with E-state index in [9.17, 15) is 14.7 Å². The van der Waals surface area contributed by atoms with E-state index in [0.29, 0.717) is 30.0 Å². The number of carbonyl (C=O) groups is 2. The molecule has 0 bridgehead atoms. The number of hydrogen-bond donors (Lipinski definition) is 4. The van der Waals surface area contributed by atoms with E-state index in [-0.39, 0.29) is 22.8 Å². The Hall–Kier alpha value is -3.55. The molecule has 0 amide bonds. The Bertz CT molecular complexity index is 861. The van der Waals surface area contributed by atoms with Crippen molar-refractivity contribution in [3.8, 4) is 11.5 Å². The minimum absolute atomic E-state index is 0.0683. The van der Waals surface area contributed by atoms with Crippen molar-refractivity contribution in [2.45, 2.75) is 6.42 Å². The van der Waals surface area contributed by atoms with Crippen LogP contribution in [0.15, 0.2) is 36.4 Å². The van der Waals surface area contributed by atoms with E-state index in [1.165, 1.54) is 24.3 Å². The summed E-state index contributed by atoms with van der Waals surface area (Å²) in [7, 11) is 0. The number of nitrogens with two attached hydrogens (primary N) is 1. The summed E-state index contributed by atoms with van der Waals surface area (Å²) < 4.78 is 10.6. The molecule has 1 aliphatic heterocycles. The molecule has 0 saturated heterocycles. The SMILES string of the molecule is N=C(N)Nc1ccc(C(=O)Oc2cc3c(c(C(=O)O)c2)CCO3)cc1. The first-order valence-electron chi connectivity index (χ1n) is 7.40. The van der Waals surface area contributed by atoms with Crippen molar-refractivity contribution in [1.29, 1.82) is 5.41 Å². The van der Waals surface area contributed by atoms with Crippen molar-refractivity contribution < 1.29 is 24.2 Å². The van der Waals surface area contributed by atoms with Crippen LogP contribution in [0.5, 0.6) is 11.5 Å². The number of guanidine groups is 1. The van der Waals surface area contributed by atoms with Crippen LogP contribution in [0.25, 0.3) is 0 Å². The fraction of sp³-hybridized carbons (Fsp3) is 0.118. The summed E-state index contributed by atoms with van der Waals surface area (Å²) >= 11 is 0. The van der Waals surface area contributed by atoms with Gasteiger partial charge >= 0.3 is 11.9 Å². The lowest BCUT2D eigenvalue weighted by atomic mass is 10.0. The monoisotopic (exact) mass is 341 g/mol. The summed E-state index contributed by atoms with van der Waals surface area (Å²) in [6.07, 6.45) is 0.510. The molecular formula is C17H15N3O5. The summed E-state index contributed by atoms with van der Waals surface area (Å²) in [5, 5.41) is 19.0. The highest BCUT2D eigenvalue weighted by Crippen LogP contribution is 2.33. The quantitative estimate of drug-likeness (QED) is 0.288. The van der Waals surface area contributed by atoms with Gasteiger partial charge in [-0.25, -0.2) is 9.59 Å². The summed E-state index contributed by atoms with van der Waals surface area (Å²) in [4.78, 5) is 23.6. The number of ether oxygens (including phenoxy) is 2. The lowest BCUT2D eigenvalue weighted by molar-refractivity contribution is 0.0686. The lowest BCUT2D eigenvalue weighted by Crippen LogP contribution is -2.20. The van der Waals surface area contributed by atoms with Crippen molar-refractivity contribution in [3.05, 3.63) is 53.1 Å². The van der Waals surface area contributed by atoms with Gasteiger partial charge in [-0.3, -0.25) is 5.41 Å². The van der Waals surface area contributed by atoms with Crippen LogP contribution in [-0.2, 0) is 6.42 Å². The maximum Gasteiger partial charge on any atom is 0.343 e. The standard InChI is InChI=1S/C17H15N3O5/c18-17(19)20-10-3-1-9(2-4-10)16(23)25-11-7-13(15(21)22)12-5-6-24-14(12)8-11/h1-4,7-8H,5-6H2,(H,21,22)(H4,18,19,20). The fourth-order valence-electron chi connectivity index (χ4n) is 2.53. The number of carboxylic acid groups (broad SMARTS) is 1. The molecule has 0 fully saturated rings. The number of hydrogen-bond acceptors (Lipinski definition) is 5. The van der Waals surface area contributed by atoms with Crippen molar-refractivity contribution in [1.82, 2.24) is 0 Å². The number of nitrogens with one attached hydrogen (secondary N) is 2. The molecule has 1 aliphatic rings. The molecule has 2 aromatic rings. The third-order valence-electron chi connectivity index (χ3n) is 3.63. The number of carbonyl (C=O) groups excluding carboxylic acids is 1. The molecule has 0 aliphatic carbocycles. The Morgan fingerprint density at radius 1 is 1.24 bits per heavy atom. The van der Waals surface area contributed by atoms with Gasteiger partial charge in [0.2, 0.25) is 0 Å². The molecular weight excluding hydrogens is 326 g/mol. The highest BCUT2D eigenvalue weighted by atomic mass is 16.5. The average molecular weight is 341 g/mol. The van der Waals surface area contributed by atoms with E-state index in [4.69, 9.17) is 20.6 Å². The van der Waals surface area contributed by atoms with E-state index < -0.39 is 11.9 Å². The van der Waals surface area contributed by atoms with Gasteiger partial charge in [0, 0.05) is 23.7 Å². The fourth-order valence-corrected chi connectivity index (χ4v) is 2.53. The van der Waals surface area contributed by atoms with E-state index in [2.05, 4.69) is 5.32 Å². The summed E-state index contributed by atoms with van der Waals surface area (Å²) in [5.41, 5.74) is 6.73. The first kappa shape index (κ1) is 16.3. The molecule has 0 unspecified atom stereocenters. The second kappa shape index (κ2) is 6.52. The van der Waals surface area contributed by atoms with Gasteiger partial charge in [0.25, 0.3) is 0 Å². The molecule has 0 spiro atoms. The summed E-state index contributed by atoms with van der Waals surface area (Å²) in [6.45, 7) is 0.400. The molecule has 25 heavy (non-hydrogen) atoms. The van der Waals surface area contributed by atoms with Crippen molar-refractivity contribution in [2.75, 3.05) is 11.9 Å². The number of rotatable bonds is 4. The van der Waals surface area contributed by atoms with Gasteiger partial charge in [-0.2, -0.15) is 0 Å². The van der Waals surface area contributed by atoms with Gasteiger partial charge in [-0.05, 0) is 30.3 Å². The number of fused-ring (bicyclic) bond motifs is 1. The van der Waals surface area contributed by atoms with Gasteiger partial charge in [0.05, 0.1) is 17.7 Å². The Kier molecular flexibility index (Phi) is 4.25. The topological polar surface area (TPSA) is 135 Å². The smallest absolute Gasteiger partial charge is 0.343 e. The summed E-state index contributed by atoms with van der Waals surface area (Å²) in [5.74, 6) is -1.42. The minimum atomic E-state index is -1.10. The Morgan fingerprint density at radius 3 is 2.60 bits per heavy atom. The molecule has 128 valence electrons. The van der Waals surface area contributed by atoms with E-state index in [1.807, 2.05) is 0 Å². The number of anilines is 1. The Labute approximate surface area is 142 Å². The molecule has 0 radical (unpaired) electrons. The maximum absolute atomic E-state index is 12.2. The van der Waals surface area contributed by atoms with Crippen molar-refractivity contribution in [3.63, 3.8) is 0 Å². The van der Waals surface area contributed by atoms with E-state index >= 15 is 0 Å². The van der Waals surface area contributed by atoms with Crippen LogP contribution in [0.4, 0.5) is 5.69 Å². The van der Waals surface area contributed by atoms with Crippen LogP contribution >= 0.6 is 0 Å². The average Bonchev–Trinajstić information content (AvgIpc) is 3.02.